The Balaban J connectivity index is 1.87. The Morgan fingerprint density at radius 2 is 2.00 bits per heavy atom. The Morgan fingerprint density at radius 1 is 1.20 bits per heavy atom. The first-order valence-electron chi connectivity index (χ1n) is 6.47. The van der Waals surface area contributed by atoms with Gasteiger partial charge in [0, 0.05) is 17.1 Å². The first-order valence-corrected chi connectivity index (χ1v) is 6.85. The van der Waals surface area contributed by atoms with Gasteiger partial charge in [-0.15, -0.1) is 0 Å². The van der Waals surface area contributed by atoms with Crippen LogP contribution < -0.4 is 10.1 Å². The molecule has 0 aliphatic rings. The third kappa shape index (κ3) is 3.95. The molecule has 2 aromatic rings. The minimum absolute atomic E-state index is 0.199. The summed E-state index contributed by atoms with van der Waals surface area (Å²) in [5.74, 6) is 0.575. The van der Waals surface area contributed by atoms with Crippen molar-refractivity contribution in [1.29, 1.82) is 0 Å². The van der Waals surface area contributed by atoms with E-state index in [9.17, 15) is 4.39 Å². The summed E-state index contributed by atoms with van der Waals surface area (Å²) >= 11 is 6.16. The molecule has 0 radical (unpaired) electrons. The predicted molar refractivity (Wildman–Crippen MR) is 79.8 cm³/mol. The molecule has 106 valence electrons. The number of benzene rings is 2. The number of ether oxygens (including phenoxy) is 1. The molecule has 0 aliphatic heterocycles. The number of hydrogen-bond donors (Lipinski definition) is 1. The zero-order valence-electron chi connectivity index (χ0n) is 11.3. The van der Waals surface area contributed by atoms with Crippen molar-refractivity contribution >= 4 is 11.6 Å². The third-order valence-corrected chi connectivity index (χ3v) is 3.43. The van der Waals surface area contributed by atoms with Gasteiger partial charge in [0.1, 0.15) is 11.6 Å². The van der Waals surface area contributed by atoms with Crippen molar-refractivity contribution < 1.29 is 9.13 Å². The predicted octanol–water partition coefficient (Wildman–Crippen LogP) is 3.82. The van der Waals surface area contributed by atoms with Crippen molar-refractivity contribution in [1.82, 2.24) is 5.32 Å². The van der Waals surface area contributed by atoms with Gasteiger partial charge in [-0.3, -0.25) is 0 Å². The molecule has 0 saturated heterocycles. The first kappa shape index (κ1) is 14.8. The third-order valence-electron chi connectivity index (χ3n) is 3.08. The Morgan fingerprint density at radius 3 is 2.75 bits per heavy atom. The molecule has 0 aliphatic carbocycles. The maximum atomic E-state index is 13.0. The van der Waals surface area contributed by atoms with Crippen LogP contribution in [0.3, 0.4) is 0 Å². The molecule has 0 bridgehead atoms. The highest BCUT2D eigenvalue weighted by Gasteiger charge is 2.06. The van der Waals surface area contributed by atoms with E-state index in [2.05, 4.69) is 5.32 Å². The van der Waals surface area contributed by atoms with Crippen molar-refractivity contribution in [2.45, 2.75) is 13.0 Å². The second-order valence-corrected chi connectivity index (χ2v) is 4.88. The summed E-state index contributed by atoms with van der Waals surface area (Å²) in [6.07, 6.45) is 0.768. The van der Waals surface area contributed by atoms with Crippen LogP contribution in [0.2, 0.25) is 5.02 Å². The highest BCUT2D eigenvalue weighted by Crippen LogP contribution is 2.25. The Labute approximate surface area is 123 Å². The van der Waals surface area contributed by atoms with E-state index >= 15 is 0 Å². The highest BCUT2D eigenvalue weighted by molar-refractivity contribution is 6.31. The summed E-state index contributed by atoms with van der Waals surface area (Å²) in [5.41, 5.74) is 1.92. The summed E-state index contributed by atoms with van der Waals surface area (Å²) in [4.78, 5) is 0. The zero-order chi connectivity index (χ0) is 14.4. The van der Waals surface area contributed by atoms with Gasteiger partial charge in [-0.1, -0.05) is 29.8 Å². The van der Waals surface area contributed by atoms with Gasteiger partial charge in [0.25, 0.3) is 0 Å². The topological polar surface area (TPSA) is 21.3 Å². The fourth-order valence-corrected chi connectivity index (χ4v) is 2.27. The zero-order valence-corrected chi connectivity index (χ0v) is 12.1. The van der Waals surface area contributed by atoms with E-state index in [4.69, 9.17) is 16.3 Å². The monoisotopic (exact) mass is 293 g/mol. The number of nitrogens with one attached hydrogen (secondary N) is 1. The molecule has 20 heavy (non-hydrogen) atoms. The average molecular weight is 294 g/mol. The van der Waals surface area contributed by atoms with Crippen LogP contribution in [0.1, 0.15) is 11.1 Å². The maximum absolute atomic E-state index is 13.0. The van der Waals surface area contributed by atoms with E-state index < -0.39 is 0 Å². The summed E-state index contributed by atoms with van der Waals surface area (Å²) in [5, 5.41) is 3.98. The van der Waals surface area contributed by atoms with Crippen LogP contribution in [0, 0.1) is 5.82 Å². The van der Waals surface area contributed by atoms with Crippen LogP contribution in [0.25, 0.3) is 0 Å². The van der Waals surface area contributed by atoms with Crippen molar-refractivity contribution in [3.8, 4) is 5.75 Å². The van der Waals surface area contributed by atoms with Crippen molar-refractivity contribution in [3.05, 3.63) is 64.4 Å². The molecule has 0 spiro atoms. The fraction of sp³-hybridized carbons (Fsp3) is 0.250. The van der Waals surface area contributed by atoms with Crippen molar-refractivity contribution in [3.63, 3.8) is 0 Å². The molecule has 0 saturated carbocycles. The van der Waals surface area contributed by atoms with Gasteiger partial charge in [0.2, 0.25) is 0 Å². The van der Waals surface area contributed by atoms with Crippen molar-refractivity contribution in [2.75, 3.05) is 13.7 Å². The molecule has 0 aromatic heterocycles. The van der Waals surface area contributed by atoms with Gasteiger partial charge in [0.05, 0.1) is 7.11 Å². The molecule has 0 atom stereocenters. The number of methoxy groups -OCH3 is 1. The second kappa shape index (κ2) is 7.27. The standard InChI is InChI=1S/C16H17ClFNO/c1-20-16-7-3-6-15(17)14(16)11-19-9-8-12-4-2-5-13(18)10-12/h2-7,10,19H,8-9,11H2,1H3. The van der Waals surface area contributed by atoms with Gasteiger partial charge in [-0.05, 0) is 42.8 Å². The van der Waals surface area contributed by atoms with Crippen LogP contribution in [0.5, 0.6) is 5.75 Å². The maximum Gasteiger partial charge on any atom is 0.124 e. The molecule has 0 fully saturated rings. The lowest BCUT2D eigenvalue weighted by atomic mass is 10.1. The molecule has 2 aromatic carbocycles. The average Bonchev–Trinajstić information content (AvgIpc) is 2.45. The van der Waals surface area contributed by atoms with Gasteiger partial charge in [-0.25, -0.2) is 4.39 Å². The summed E-state index contributed by atoms with van der Waals surface area (Å²) in [6.45, 7) is 1.37. The molecular weight excluding hydrogens is 277 g/mol. The van der Waals surface area contributed by atoms with Crippen LogP contribution >= 0.6 is 11.6 Å². The number of rotatable bonds is 6. The summed E-state index contributed by atoms with van der Waals surface area (Å²) < 4.78 is 18.3. The summed E-state index contributed by atoms with van der Waals surface area (Å²) in [6, 6.07) is 12.2. The lowest BCUT2D eigenvalue weighted by Crippen LogP contribution is -2.17. The van der Waals surface area contributed by atoms with E-state index in [1.165, 1.54) is 6.07 Å². The Bertz CT molecular complexity index is 574. The van der Waals surface area contributed by atoms with Crippen LogP contribution in [-0.2, 0) is 13.0 Å². The minimum atomic E-state index is -0.199. The molecule has 1 N–H and O–H groups in total. The number of hydrogen-bond acceptors (Lipinski definition) is 2. The lowest BCUT2D eigenvalue weighted by molar-refractivity contribution is 0.408. The van der Waals surface area contributed by atoms with E-state index in [0.717, 1.165) is 29.8 Å². The normalized spacial score (nSPS) is 10.6. The van der Waals surface area contributed by atoms with E-state index in [-0.39, 0.29) is 5.82 Å². The van der Waals surface area contributed by atoms with E-state index in [1.54, 1.807) is 19.2 Å². The molecular formula is C16H17ClFNO. The van der Waals surface area contributed by atoms with Gasteiger partial charge in [-0.2, -0.15) is 0 Å². The lowest BCUT2D eigenvalue weighted by Gasteiger charge is -2.11. The Kier molecular flexibility index (Phi) is 5.39. The molecule has 0 unspecified atom stereocenters. The Hall–Kier alpha value is -1.58. The smallest absolute Gasteiger partial charge is 0.124 e. The summed E-state index contributed by atoms with van der Waals surface area (Å²) in [7, 11) is 1.63. The minimum Gasteiger partial charge on any atom is -0.496 e. The van der Waals surface area contributed by atoms with Crippen LogP contribution in [-0.4, -0.2) is 13.7 Å². The molecule has 2 nitrogen and oxygen atoms in total. The fourth-order valence-electron chi connectivity index (χ4n) is 2.04. The highest BCUT2D eigenvalue weighted by atomic mass is 35.5. The quantitative estimate of drug-likeness (QED) is 0.818. The molecule has 0 amide bonds. The second-order valence-electron chi connectivity index (χ2n) is 4.48. The van der Waals surface area contributed by atoms with E-state index in [1.807, 2.05) is 24.3 Å². The van der Waals surface area contributed by atoms with Gasteiger partial charge < -0.3 is 10.1 Å². The van der Waals surface area contributed by atoms with Crippen LogP contribution in [0.15, 0.2) is 42.5 Å². The molecule has 4 heteroatoms. The SMILES string of the molecule is COc1cccc(Cl)c1CNCCc1cccc(F)c1. The van der Waals surface area contributed by atoms with E-state index in [0.29, 0.717) is 11.6 Å². The van der Waals surface area contributed by atoms with Crippen molar-refractivity contribution in [2.24, 2.45) is 0 Å². The molecule has 2 rings (SSSR count). The van der Waals surface area contributed by atoms with Gasteiger partial charge >= 0.3 is 0 Å². The first-order chi connectivity index (χ1) is 9.70. The van der Waals surface area contributed by atoms with Gasteiger partial charge in [0.15, 0.2) is 0 Å². The largest absolute Gasteiger partial charge is 0.496 e. The molecule has 0 heterocycles. The number of halogens is 2. The van der Waals surface area contributed by atoms with Crippen LogP contribution in [0.4, 0.5) is 4.39 Å².